The quantitative estimate of drug-likeness (QED) is 0.0302. The van der Waals surface area contributed by atoms with Gasteiger partial charge in [-0.2, -0.15) is 0 Å². The molecule has 8 fully saturated rings. The van der Waals surface area contributed by atoms with Gasteiger partial charge >= 0.3 is 11.9 Å². The van der Waals surface area contributed by atoms with Crippen LogP contribution in [0.3, 0.4) is 0 Å². The van der Waals surface area contributed by atoms with E-state index in [9.17, 15) is 86.2 Å². The second-order valence-corrected chi connectivity index (χ2v) is 23.7. The van der Waals surface area contributed by atoms with Crippen LogP contribution in [0.4, 0.5) is 0 Å². The molecular formula is C53H79NO25. The van der Waals surface area contributed by atoms with Crippen molar-refractivity contribution in [3.05, 3.63) is 48.0 Å². The number of hydrogen-bond acceptors (Lipinski definition) is 25. The zero-order valence-electron chi connectivity index (χ0n) is 43.9. The molecule has 2 bridgehead atoms. The minimum Gasteiger partial charge on any atom is -0.480 e. The summed E-state index contributed by atoms with van der Waals surface area (Å²) >= 11 is 0. The van der Waals surface area contributed by atoms with Gasteiger partial charge in [0, 0.05) is 5.92 Å². The summed E-state index contributed by atoms with van der Waals surface area (Å²) in [5, 5.41) is 164. The van der Waals surface area contributed by atoms with Crippen molar-refractivity contribution in [2.75, 3.05) is 19.8 Å². The molecule has 9 rings (SSSR count). The molecule has 79 heavy (non-hydrogen) atoms. The first-order valence-corrected chi connectivity index (χ1v) is 27.2. The summed E-state index contributed by atoms with van der Waals surface area (Å²) in [6.45, 7) is 5.85. The third-order valence-electron chi connectivity index (χ3n) is 19.0. The fourth-order valence-electron chi connectivity index (χ4n) is 14.8. The maximum Gasteiger partial charge on any atom is 0.321 e. The minimum atomic E-state index is -1.99. The Morgan fingerprint density at radius 2 is 1.23 bits per heavy atom. The van der Waals surface area contributed by atoms with E-state index in [0.717, 1.165) is 5.57 Å². The van der Waals surface area contributed by atoms with Gasteiger partial charge in [0.15, 0.2) is 18.9 Å². The molecule has 26 heteroatoms. The summed E-state index contributed by atoms with van der Waals surface area (Å²) in [7, 11) is 0. The molecule has 29 atom stereocenters. The number of carboxylic acid groups (broad SMARTS) is 1. The Hall–Kier alpha value is -2.98. The number of fused-ring (bicyclic) bond motifs is 3. The summed E-state index contributed by atoms with van der Waals surface area (Å²) in [6, 6.07) is 7.18. The van der Waals surface area contributed by atoms with Crippen LogP contribution in [0.2, 0.25) is 0 Å². The fraction of sp³-hybridized carbons (Fsp3) is 0.811. The van der Waals surface area contributed by atoms with Crippen molar-refractivity contribution in [2.45, 2.75) is 213 Å². The molecule has 4 heterocycles. The van der Waals surface area contributed by atoms with Crippen molar-refractivity contribution in [2.24, 2.45) is 34.0 Å². The number of aliphatic hydroxyl groups excluding tert-OH is 14. The van der Waals surface area contributed by atoms with Gasteiger partial charge < -0.3 is 114 Å². The van der Waals surface area contributed by atoms with Crippen LogP contribution in [0.25, 0.3) is 0 Å². The molecule has 26 nitrogen and oxygen atoms in total. The maximum absolute atomic E-state index is 14.8. The zero-order chi connectivity index (χ0) is 57.2. The number of aliphatic hydroxyl groups is 14. The highest BCUT2D eigenvalue weighted by molar-refractivity contribution is 5.77. The second-order valence-electron chi connectivity index (χ2n) is 23.7. The average Bonchev–Trinajstić information content (AvgIpc) is 3.71. The first-order valence-electron chi connectivity index (χ1n) is 27.2. The zero-order valence-corrected chi connectivity index (χ0v) is 43.9. The highest BCUT2D eigenvalue weighted by Crippen LogP contribution is 2.72. The minimum absolute atomic E-state index is 0.0742. The highest BCUT2D eigenvalue weighted by Gasteiger charge is 2.68. The van der Waals surface area contributed by atoms with Crippen molar-refractivity contribution < 1.29 is 124 Å². The Kier molecular flexibility index (Phi) is 18.4. The molecule has 0 radical (unpaired) electrons. The third-order valence-corrected chi connectivity index (χ3v) is 19.0. The lowest BCUT2D eigenvalue weighted by Crippen LogP contribution is -2.67. The molecular weight excluding hydrogens is 1050 g/mol. The first-order chi connectivity index (χ1) is 37.4. The molecule has 4 saturated carbocycles. The van der Waals surface area contributed by atoms with Crippen LogP contribution in [0.5, 0.6) is 0 Å². The molecule has 4 saturated heterocycles. The highest BCUT2D eigenvalue weighted by atomic mass is 16.8. The molecule has 1 aromatic carbocycles. The van der Waals surface area contributed by atoms with Gasteiger partial charge in [0.25, 0.3) is 0 Å². The van der Waals surface area contributed by atoms with Gasteiger partial charge in [-0.3, -0.25) is 14.9 Å². The summed E-state index contributed by atoms with van der Waals surface area (Å²) in [4.78, 5) is 27.1. The topological polar surface area (TPSA) is 423 Å². The van der Waals surface area contributed by atoms with E-state index in [1.54, 1.807) is 37.3 Å². The molecule has 0 aromatic heterocycles. The van der Waals surface area contributed by atoms with Gasteiger partial charge in [-0.1, -0.05) is 55.8 Å². The lowest BCUT2D eigenvalue weighted by molar-refractivity contribution is -0.397. The molecule has 446 valence electrons. The van der Waals surface area contributed by atoms with Gasteiger partial charge in [-0.05, 0) is 86.5 Å². The Morgan fingerprint density at radius 3 is 1.82 bits per heavy atom. The van der Waals surface area contributed by atoms with E-state index < -0.39 is 184 Å². The van der Waals surface area contributed by atoms with Crippen LogP contribution in [-0.2, 0) is 53.9 Å². The number of benzene rings is 1. The summed E-state index contributed by atoms with van der Waals surface area (Å²) in [5.41, 5.74) is -0.714. The van der Waals surface area contributed by atoms with Crippen LogP contribution in [-0.4, -0.2) is 250 Å². The van der Waals surface area contributed by atoms with Crippen LogP contribution in [0.1, 0.15) is 70.8 Å². The monoisotopic (exact) mass is 1130 g/mol. The van der Waals surface area contributed by atoms with Gasteiger partial charge in [0.1, 0.15) is 110 Å². The van der Waals surface area contributed by atoms with Crippen molar-refractivity contribution >= 4 is 11.9 Å². The van der Waals surface area contributed by atoms with Crippen LogP contribution < -0.4 is 5.32 Å². The summed E-state index contributed by atoms with van der Waals surface area (Å²) in [6.07, 6.45) is -34.8. The van der Waals surface area contributed by atoms with Crippen LogP contribution in [0, 0.1) is 34.0 Å². The molecule has 1 aromatic rings. The van der Waals surface area contributed by atoms with E-state index in [1.165, 1.54) is 0 Å². The van der Waals surface area contributed by atoms with E-state index in [4.69, 9.17) is 37.9 Å². The Morgan fingerprint density at radius 1 is 0.671 bits per heavy atom. The van der Waals surface area contributed by atoms with Crippen molar-refractivity contribution in [3.8, 4) is 0 Å². The average molecular weight is 1130 g/mol. The van der Waals surface area contributed by atoms with Crippen molar-refractivity contribution in [3.63, 3.8) is 0 Å². The number of carboxylic acids is 1. The number of nitrogens with one attached hydrogen (secondary N) is 1. The normalized spacial score (nSPS) is 48.8. The van der Waals surface area contributed by atoms with E-state index in [1.807, 2.05) is 0 Å². The molecule has 16 N–H and O–H groups in total. The SMILES string of the molecule is C=C1CC23CCC4[C@](C)(C(=O)OC5O[C@H](C(O)N[C@H](Cc6ccccc6)C(=O)O)[C@@H](O)[C@H](O)[C@H]5O)CCC[C@@]4(C)[C@@H]2CC(O[C@@H]2O[C@H](CO)[C@@H](O)C(O[C@@H]4O[C@H](CO)[C@@H](O)[C@H](O)[C@H]4O)[C@H]2O[C@@H]2O[C@H](CO)[C@@H](O)[C@H](O)[C@H]2O)C1C3. The second kappa shape index (κ2) is 23.9. The standard InChI is InChI=1S/C53H79NO25/c1-21-16-53-13-10-29-51(2,11-7-12-52(29,3)50(71)79-48-40(67)36(63)37(64)42(77-48)44(68)54-24(45(69)70)14-22-8-5-4-6-9-22)30(53)15-25(23(21)17-53)72-49-43(78-47-39(66)35(62)32(59)27(19-56)74-47)41(33(60)28(20-57)75-49)76-46-38(65)34(61)31(58)26(18-55)73-46/h4-6,8-9,23-44,46-49,54-68H,1,7,10-20H2,2-3H3,(H,69,70)/t23?,24-,25?,26-,27-,28-,29?,30+,31-,32-,33-,34+,35+,36+,37+,38-,39-,40-,41?,42+,43-,44?,46+,47+,48?,49-,51-,52-,53?/m1/s1. The molecule has 7 unspecified atom stereocenters. The number of esters is 1. The number of hydrogen-bond donors (Lipinski definition) is 16. The van der Waals surface area contributed by atoms with E-state index in [-0.39, 0.29) is 29.6 Å². The molecule has 0 amide bonds. The van der Waals surface area contributed by atoms with Gasteiger partial charge in [0.05, 0.1) is 31.3 Å². The molecule has 4 aliphatic carbocycles. The summed E-state index contributed by atoms with van der Waals surface area (Å²) in [5.74, 6) is -3.00. The lowest BCUT2D eigenvalue weighted by Gasteiger charge is -2.64. The van der Waals surface area contributed by atoms with Gasteiger partial charge in [-0.15, -0.1) is 0 Å². The van der Waals surface area contributed by atoms with Crippen LogP contribution in [0.15, 0.2) is 42.5 Å². The van der Waals surface area contributed by atoms with Crippen molar-refractivity contribution in [1.82, 2.24) is 5.32 Å². The van der Waals surface area contributed by atoms with Gasteiger partial charge in [0.2, 0.25) is 6.29 Å². The van der Waals surface area contributed by atoms with E-state index >= 15 is 0 Å². The smallest absolute Gasteiger partial charge is 0.321 e. The Balaban J connectivity index is 0.967. The molecule has 1 spiro atoms. The van der Waals surface area contributed by atoms with E-state index in [0.29, 0.717) is 56.9 Å². The number of ether oxygens (including phenoxy) is 8. The summed E-state index contributed by atoms with van der Waals surface area (Å²) < 4.78 is 48.7. The first kappa shape index (κ1) is 60.6. The van der Waals surface area contributed by atoms with Gasteiger partial charge in [-0.25, -0.2) is 0 Å². The third kappa shape index (κ3) is 11.2. The lowest BCUT2D eigenvalue weighted by atomic mass is 9.41. The van der Waals surface area contributed by atoms with Crippen LogP contribution >= 0.6 is 0 Å². The fourth-order valence-corrected chi connectivity index (χ4v) is 14.8. The molecule has 4 aliphatic heterocycles. The van der Waals surface area contributed by atoms with Crippen molar-refractivity contribution in [1.29, 1.82) is 0 Å². The Labute approximate surface area is 455 Å². The van der Waals surface area contributed by atoms with E-state index in [2.05, 4.69) is 18.8 Å². The number of carbonyl (C=O) groups is 2. The largest absolute Gasteiger partial charge is 0.480 e. The number of rotatable bonds is 17. The predicted molar refractivity (Wildman–Crippen MR) is 263 cm³/mol. The number of carbonyl (C=O) groups excluding carboxylic acids is 1. The maximum atomic E-state index is 14.8. The Bertz CT molecular complexity index is 2270. The molecule has 8 aliphatic rings. The predicted octanol–water partition coefficient (Wildman–Crippen LogP) is -4.65. The number of aliphatic carboxylic acids is 1.